The van der Waals surface area contributed by atoms with Gasteiger partial charge in [0.1, 0.15) is 102 Å². The molecule has 5 aromatic carbocycles. The van der Waals surface area contributed by atoms with Crippen molar-refractivity contribution in [2.24, 2.45) is 41.1 Å². The second-order valence-electron chi connectivity index (χ2n) is 33.3. The Labute approximate surface area is 705 Å². The number of aliphatic hydroxyl groups is 6. The predicted molar refractivity (Wildman–Crippen MR) is 428 cm³/mol. The van der Waals surface area contributed by atoms with Gasteiger partial charge in [0, 0.05) is 41.8 Å². The molecule has 7 aliphatic heterocycles. The molecule has 22 N–H and O–H groups in total. The summed E-state index contributed by atoms with van der Waals surface area (Å²) in [5.74, 6) is -14.7. The van der Waals surface area contributed by atoms with Gasteiger partial charge in [-0.1, -0.05) is 55.2 Å². The molecule has 2 saturated heterocycles. The van der Waals surface area contributed by atoms with Crippen LogP contribution in [0.2, 0.25) is 10.0 Å². The average molecular weight is 1730 g/mol. The average Bonchev–Trinajstić information content (AvgIpc) is 0.765. The van der Waals surface area contributed by atoms with Crippen LogP contribution in [0.15, 0.2) is 78.9 Å². The third-order valence-electron chi connectivity index (χ3n) is 23.9. The highest BCUT2D eigenvalue weighted by atomic mass is 35.5. The fourth-order valence-electron chi connectivity index (χ4n) is 17.8. The largest absolute Gasteiger partial charge is 0.508 e. The van der Waals surface area contributed by atoms with Gasteiger partial charge in [-0.05, 0) is 198 Å². The Morgan fingerprint density at radius 1 is 0.669 bits per heavy atom. The molecule has 654 valence electrons. The lowest BCUT2D eigenvalue weighted by Crippen LogP contribution is -2.64. The standard InChI is InChI=1S/C83H103Cl2N11O25/c1-33(2)17-49(88-6)75(108)95-65-67(102)39-10-13-53(47(84)24-39)117-55-26-43-27-56(71(55)121-82-72(70(105)69(104)57(32-97)119-82)120-59-31-83(5,87)73(106)34(3)116-59)118-54-14-11-40(25-48(54)85)68(103)66-81(114)94-64(79(112)91-61-41-19-36-18-37(21-41)22-42(61)20-36)46-28-44(98)29-52(100)60(46)45-23-38(9-12-51(45)99)62(77(110)96-66)93-78(111)63(43)92-76(109)50(89-80(65)113)30-58(101)90-74(107)35(4)115-16-8-7-15-86/h9-14,23-29,33-37,41-42,49-50,57,59,61-70,72-73,82,88,97-100,102-106H,7-8,15-22,30-32,86-87H2,1-6H3,(H,89,113)(H,91,112)(H,92,109)(H,93,111)(H,94,114)(H,95,108)(H,96,110)(H,90,101,107)/t34-,35?,36?,37?,41?,42?,49+,50-,57+,59-,61?,62+,63+,64-,65+,66-,67+,68+,69+,70-,72+,73+,82-,83-/m0/s1. The third-order valence-corrected chi connectivity index (χ3v) is 24.5. The Balaban J connectivity index is 1.02. The molecule has 0 spiro atoms. The monoisotopic (exact) mass is 1720 g/mol. The van der Waals surface area contributed by atoms with Crippen molar-refractivity contribution >= 4 is 76.4 Å². The molecule has 121 heavy (non-hydrogen) atoms. The molecule has 1 unspecified atom stereocenters. The molecule has 0 aromatic heterocycles. The number of nitrogens with two attached hydrogens (primary N) is 2. The van der Waals surface area contributed by atoms with Gasteiger partial charge in [-0.3, -0.25) is 48.5 Å². The van der Waals surface area contributed by atoms with Crippen molar-refractivity contribution in [1.82, 2.24) is 47.9 Å². The number of aromatic hydroxyl groups is 3. The predicted octanol–water partition coefficient (Wildman–Crippen LogP) is 2.26. The van der Waals surface area contributed by atoms with Gasteiger partial charge in [-0.25, -0.2) is 0 Å². The first kappa shape index (κ1) is 89.2. The number of phenols is 3. The molecule has 38 heteroatoms. The number of aliphatic hydroxyl groups excluding tert-OH is 6. The van der Waals surface area contributed by atoms with Crippen LogP contribution in [0.3, 0.4) is 0 Å². The second kappa shape index (κ2) is 37.2. The zero-order chi connectivity index (χ0) is 87.1. The van der Waals surface area contributed by atoms with E-state index in [4.69, 9.17) is 67.8 Å². The van der Waals surface area contributed by atoms with E-state index in [1.807, 2.05) is 13.8 Å². The summed E-state index contributed by atoms with van der Waals surface area (Å²) in [4.78, 5) is 138. The number of carbonyl (C=O) groups excluding carboxylic acids is 9. The van der Waals surface area contributed by atoms with Crippen molar-refractivity contribution in [2.45, 2.75) is 220 Å². The zero-order valence-electron chi connectivity index (χ0n) is 67.0. The summed E-state index contributed by atoms with van der Waals surface area (Å²) in [7, 11) is 1.47. The van der Waals surface area contributed by atoms with Gasteiger partial charge >= 0.3 is 0 Å². The minimum absolute atomic E-state index is 0.0295. The van der Waals surface area contributed by atoms with E-state index in [-0.39, 0.29) is 87.1 Å². The minimum atomic E-state index is -2.41. The van der Waals surface area contributed by atoms with Crippen LogP contribution in [0.4, 0.5) is 0 Å². The summed E-state index contributed by atoms with van der Waals surface area (Å²) >= 11 is 14.5. The number of hydrogen-bond acceptors (Lipinski definition) is 28. The Morgan fingerprint density at radius 2 is 1.29 bits per heavy atom. The van der Waals surface area contributed by atoms with E-state index in [9.17, 15) is 60.3 Å². The topological polar surface area (TPSA) is 561 Å². The van der Waals surface area contributed by atoms with Gasteiger partial charge in [0.05, 0.1) is 41.3 Å². The minimum Gasteiger partial charge on any atom is -0.508 e. The lowest BCUT2D eigenvalue weighted by Gasteiger charge is -2.54. The number of halogens is 2. The van der Waals surface area contributed by atoms with Crippen LogP contribution in [-0.2, 0) is 62.1 Å². The highest BCUT2D eigenvalue weighted by molar-refractivity contribution is 6.32. The van der Waals surface area contributed by atoms with Gasteiger partial charge in [0.15, 0.2) is 23.9 Å². The maximum Gasteiger partial charge on any atom is 0.255 e. The number of rotatable bonds is 20. The smallest absolute Gasteiger partial charge is 0.255 e. The van der Waals surface area contributed by atoms with E-state index in [1.54, 1.807) is 0 Å². The number of fused-ring (bicyclic) bond motifs is 15. The Kier molecular flexibility index (Phi) is 27.4. The highest BCUT2D eigenvalue weighted by Gasteiger charge is 2.53. The number of unbranched alkanes of at least 4 members (excludes halogenated alkanes) is 1. The number of likely N-dealkylation sites (N-methyl/N-ethyl adjacent to an activating group) is 1. The normalized spacial score (nSPS) is 31.3. The van der Waals surface area contributed by atoms with Gasteiger partial charge in [0.25, 0.3) is 5.91 Å². The molecule has 6 fully saturated rings. The SMILES string of the molecule is CN[C@H](CC(C)C)C(=O)N[C@H]1C(=O)N[C@@H](CC(=O)NC(=O)C(C)OCCCCN)C(=O)N[C@H]2C(=O)N[C@H]3C(=O)N[C@H](C(=O)N[C@H](C(=O)NC4C5CC6CC(C5)CC4C6)c4cc(O)cc(O)c4-c4cc3ccc4O)[C@H](O)c3ccc(c(Cl)c3)Oc3cc2cc(c3O[C@@H]2O[C@H](CO)[C@@H](O)[C@H](O)[C@H]2O[C@H]2C[C@](C)(N)[C@H](O)[C@H](C)O2)Oc2ccc(cc2Cl)[C@H]1O. The number of nitrogens with one attached hydrogen (secondary N) is 9. The van der Waals surface area contributed by atoms with E-state index in [2.05, 4.69) is 47.9 Å². The van der Waals surface area contributed by atoms with Crippen molar-refractivity contribution in [2.75, 3.05) is 26.8 Å². The molecular formula is C83H103Cl2N11O25. The van der Waals surface area contributed by atoms with Crippen LogP contribution < -0.4 is 73.5 Å². The summed E-state index contributed by atoms with van der Waals surface area (Å²) in [6.07, 6.45) is -14.9. The molecular weight excluding hydrogens is 1620 g/mol. The molecule has 11 aliphatic rings. The first-order chi connectivity index (χ1) is 57.5. The highest BCUT2D eigenvalue weighted by Crippen LogP contribution is 2.55. The van der Waals surface area contributed by atoms with E-state index in [0.717, 1.165) is 86.7 Å². The van der Waals surface area contributed by atoms with E-state index < -0.39 is 233 Å². The van der Waals surface area contributed by atoms with E-state index >= 15 is 28.8 Å². The van der Waals surface area contributed by atoms with Crippen LogP contribution in [0.5, 0.6) is 46.0 Å². The van der Waals surface area contributed by atoms with E-state index in [1.165, 1.54) is 52.1 Å². The Morgan fingerprint density at radius 3 is 1.90 bits per heavy atom. The maximum atomic E-state index is 16.6. The quantitative estimate of drug-likeness (QED) is 0.0497. The molecule has 4 saturated carbocycles. The molecule has 15 bridgehead atoms. The number of benzene rings is 5. The lowest BCUT2D eigenvalue weighted by atomic mass is 9.54. The lowest BCUT2D eigenvalue weighted by molar-refractivity contribution is -0.333. The van der Waals surface area contributed by atoms with Crippen LogP contribution in [0.25, 0.3) is 11.1 Å². The second-order valence-corrected chi connectivity index (χ2v) is 34.1. The molecule has 0 radical (unpaired) electrons. The molecule has 9 amide bonds. The van der Waals surface area contributed by atoms with Crippen molar-refractivity contribution in [1.29, 1.82) is 0 Å². The van der Waals surface area contributed by atoms with Gasteiger partial charge < -0.3 is 133 Å². The molecule has 36 nitrogen and oxygen atoms in total. The van der Waals surface area contributed by atoms with Crippen molar-refractivity contribution in [3.63, 3.8) is 0 Å². The van der Waals surface area contributed by atoms with Crippen LogP contribution >= 0.6 is 23.2 Å². The first-order valence-corrected chi connectivity index (χ1v) is 41.2. The zero-order valence-corrected chi connectivity index (χ0v) is 68.5. The Bertz CT molecular complexity index is 4750. The van der Waals surface area contributed by atoms with Crippen LogP contribution in [-0.4, -0.2) is 217 Å². The molecule has 5 aromatic rings. The summed E-state index contributed by atoms with van der Waals surface area (Å²) in [6.45, 7) is 7.33. The maximum absolute atomic E-state index is 16.6. The summed E-state index contributed by atoms with van der Waals surface area (Å²) in [5.41, 5.74) is 8.57. The molecule has 7 heterocycles. The third kappa shape index (κ3) is 19.4. The summed E-state index contributed by atoms with van der Waals surface area (Å²) in [5, 5.41) is 130. The van der Waals surface area contributed by atoms with Crippen LogP contribution in [0.1, 0.15) is 157 Å². The fraction of sp³-hybridized carbons (Fsp3) is 0.530. The van der Waals surface area contributed by atoms with Crippen molar-refractivity contribution < 1.29 is 122 Å². The van der Waals surface area contributed by atoms with Crippen molar-refractivity contribution in [3.8, 4) is 57.1 Å². The molecule has 4 aliphatic carbocycles. The van der Waals surface area contributed by atoms with E-state index in [0.29, 0.717) is 31.2 Å². The van der Waals surface area contributed by atoms with Crippen molar-refractivity contribution in [3.05, 3.63) is 117 Å². The number of imide groups is 1. The summed E-state index contributed by atoms with van der Waals surface area (Å²) in [6, 6.07) is -0.156. The fourth-order valence-corrected chi connectivity index (χ4v) is 18.2. The van der Waals surface area contributed by atoms with Gasteiger partial charge in [-0.2, -0.15) is 0 Å². The van der Waals surface area contributed by atoms with Gasteiger partial charge in [-0.15, -0.1) is 0 Å². The Hall–Kier alpha value is -9.61. The van der Waals surface area contributed by atoms with Gasteiger partial charge in [0.2, 0.25) is 59.3 Å². The first-order valence-electron chi connectivity index (χ1n) is 40.4. The number of carbonyl (C=O) groups is 9. The van der Waals surface area contributed by atoms with Crippen LogP contribution in [0, 0.1) is 29.6 Å². The number of amides is 9. The number of hydrogen-bond donors (Lipinski definition) is 20. The number of ether oxygens (including phenoxy) is 7. The molecule has 19 atom stereocenters. The molecule has 16 rings (SSSR count). The number of phenolic OH excluding ortho intramolecular Hbond substituents is 3. The summed E-state index contributed by atoms with van der Waals surface area (Å²) < 4.78 is 44.6.